The summed E-state index contributed by atoms with van der Waals surface area (Å²) in [5, 5.41) is 25.2. The summed E-state index contributed by atoms with van der Waals surface area (Å²) in [6, 6.07) is 0. The summed E-state index contributed by atoms with van der Waals surface area (Å²) < 4.78 is 0. The van der Waals surface area contributed by atoms with Gasteiger partial charge in [-0.1, -0.05) is 0 Å². The normalized spacial score (nSPS) is 3.86. The Bertz CT molecular complexity index is 14.9. The van der Waals surface area contributed by atoms with Crippen LogP contribution in [0.15, 0.2) is 0 Å². The van der Waals surface area contributed by atoms with Gasteiger partial charge in [-0.05, 0) is 0 Å². The Hall–Kier alpha value is 1.50. The molecule has 0 rings (SSSR count). The van der Waals surface area contributed by atoms with Crippen LogP contribution >= 0.6 is 0 Å². The van der Waals surface area contributed by atoms with E-state index < -0.39 is 7.32 Å². The van der Waals surface area contributed by atoms with Gasteiger partial charge in [0.15, 0.2) is 0 Å². The molecule has 0 aliphatic rings. The molecule has 0 unspecified atom stereocenters. The maximum absolute atomic E-state index is 8.42. The molecule has 0 aliphatic carbocycles. The Morgan fingerprint density at radius 3 is 0.714 bits per heavy atom. The fourth-order valence-corrected chi connectivity index (χ4v) is 0. The van der Waals surface area contributed by atoms with Gasteiger partial charge in [0.25, 0.3) is 0 Å². The second-order valence-electron chi connectivity index (χ2n) is 0.289. The van der Waals surface area contributed by atoms with Crippen molar-refractivity contribution in [1.82, 2.24) is 0 Å². The van der Waals surface area contributed by atoms with Crippen LogP contribution in [0.1, 0.15) is 0 Å². The van der Waals surface area contributed by atoms with Crippen LogP contribution in [0.3, 0.4) is 0 Å². The molecular formula is BMn3O3. The van der Waals surface area contributed by atoms with Crippen molar-refractivity contribution in [1.29, 1.82) is 0 Å². The Labute approximate surface area is 73.5 Å². The Morgan fingerprint density at radius 1 is 0.714 bits per heavy atom. The molecule has 0 N–H and O–H groups in total. The van der Waals surface area contributed by atoms with E-state index in [-0.39, 0.29) is 51.2 Å². The third kappa shape index (κ3) is 101. The molecule has 0 amide bonds. The van der Waals surface area contributed by atoms with Crippen LogP contribution in [-0.4, -0.2) is 7.32 Å². The van der Waals surface area contributed by atoms with Crippen LogP contribution in [0.25, 0.3) is 0 Å². The average Bonchev–Trinajstić information content (AvgIpc) is 0.811. The zero-order valence-electron chi connectivity index (χ0n) is 2.94. The first-order chi connectivity index (χ1) is 1.73. The van der Waals surface area contributed by atoms with Crippen molar-refractivity contribution in [3.05, 3.63) is 0 Å². The van der Waals surface area contributed by atoms with Gasteiger partial charge >= 0.3 is 51.2 Å². The van der Waals surface area contributed by atoms with Crippen LogP contribution in [0.2, 0.25) is 0 Å². The third-order valence-corrected chi connectivity index (χ3v) is 0. The molecule has 0 spiro atoms. The quantitative estimate of drug-likeness (QED) is 0.394. The molecule has 0 atom stereocenters. The monoisotopic (exact) mass is 224 g/mol. The number of rotatable bonds is 0. The summed E-state index contributed by atoms with van der Waals surface area (Å²) in [7, 11) is -2.92. The Morgan fingerprint density at radius 2 is 0.714 bits per heavy atom. The van der Waals surface area contributed by atoms with E-state index in [1.807, 2.05) is 0 Å². The summed E-state index contributed by atoms with van der Waals surface area (Å²) >= 11 is 0. The molecular weight excluding hydrogens is 224 g/mol. The average molecular weight is 224 g/mol. The van der Waals surface area contributed by atoms with Crippen molar-refractivity contribution < 1.29 is 66.3 Å². The zero-order valence-corrected chi connectivity index (χ0v) is 6.48. The predicted molar refractivity (Wildman–Crippen MR) is 5.75 cm³/mol. The fraction of sp³-hybridized carbons (Fsp3) is 0. The molecule has 0 aromatic heterocycles. The zero-order chi connectivity index (χ0) is 3.58. The first-order valence-electron chi connectivity index (χ1n) is 0.707. The van der Waals surface area contributed by atoms with Gasteiger partial charge in [0.1, 0.15) is 0 Å². The van der Waals surface area contributed by atoms with Crippen molar-refractivity contribution in [2.24, 2.45) is 0 Å². The summed E-state index contributed by atoms with van der Waals surface area (Å²) in [4.78, 5) is 0. The van der Waals surface area contributed by atoms with Crippen LogP contribution in [0.4, 0.5) is 0 Å². The first kappa shape index (κ1) is 23.6. The predicted octanol–water partition coefficient (Wildman–Crippen LogP) is -3.96. The minimum absolute atomic E-state index is 0. The number of hydrogen-bond acceptors (Lipinski definition) is 3. The molecule has 3 nitrogen and oxygen atoms in total. The van der Waals surface area contributed by atoms with Crippen molar-refractivity contribution in [2.45, 2.75) is 0 Å². The van der Waals surface area contributed by atoms with E-state index in [2.05, 4.69) is 0 Å². The second kappa shape index (κ2) is 15.6. The largest absolute Gasteiger partial charge is 1.00 e. The minimum atomic E-state index is -2.92. The van der Waals surface area contributed by atoms with Gasteiger partial charge in [-0.3, -0.25) is 7.32 Å². The van der Waals surface area contributed by atoms with E-state index in [1.165, 1.54) is 0 Å². The molecule has 0 fully saturated rings. The van der Waals surface area contributed by atoms with Crippen molar-refractivity contribution in [3.8, 4) is 0 Å². The molecule has 0 aromatic rings. The van der Waals surface area contributed by atoms with Gasteiger partial charge in [-0.25, -0.2) is 0 Å². The van der Waals surface area contributed by atoms with Crippen molar-refractivity contribution >= 4 is 7.32 Å². The van der Waals surface area contributed by atoms with Crippen molar-refractivity contribution in [2.75, 3.05) is 0 Å². The number of hydrogen-bond donors (Lipinski definition) is 0. The fourth-order valence-electron chi connectivity index (χ4n) is 0. The van der Waals surface area contributed by atoms with Gasteiger partial charge in [-0.15, -0.1) is 0 Å². The van der Waals surface area contributed by atoms with Crippen molar-refractivity contribution in [3.63, 3.8) is 0 Å². The summed E-state index contributed by atoms with van der Waals surface area (Å²) in [5.74, 6) is 0. The van der Waals surface area contributed by atoms with E-state index in [9.17, 15) is 0 Å². The summed E-state index contributed by atoms with van der Waals surface area (Å²) in [6.45, 7) is 0. The standard InChI is InChI=1S/BO3.3Mn/c2-1(3)4;;;/q-3;3*+1. The van der Waals surface area contributed by atoms with E-state index >= 15 is 0 Å². The molecule has 42 valence electrons. The molecule has 0 saturated carbocycles. The minimum Gasteiger partial charge on any atom is -0.907 e. The maximum atomic E-state index is 8.42. The summed E-state index contributed by atoms with van der Waals surface area (Å²) in [5.41, 5.74) is 0. The molecule has 0 heterocycles. The maximum Gasteiger partial charge on any atom is 1.00 e. The van der Waals surface area contributed by atoms with E-state index in [4.69, 9.17) is 15.1 Å². The molecule has 7 heavy (non-hydrogen) atoms. The van der Waals surface area contributed by atoms with Gasteiger partial charge < -0.3 is 15.1 Å². The molecule has 0 aliphatic heterocycles. The molecule has 0 bridgehead atoms. The van der Waals surface area contributed by atoms with Crippen LogP contribution in [0.5, 0.6) is 0 Å². The Balaban J connectivity index is -0.0000000150. The SMILES string of the molecule is [Mn+].[Mn+].[Mn+].[O-]B([O-])[O-]. The Kier molecular flexibility index (Phi) is 52.8. The summed E-state index contributed by atoms with van der Waals surface area (Å²) in [6.07, 6.45) is 0. The molecule has 0 saturated heterocycles. The van der Waals surface area contributed by atoms with Crippen LogP contribution in [0, 0.1) is 0 Å². The molecule has 7 heteroatoms. The molecule has 0 aromatic carbocycles. The van der Waals surface area contributed by atoms with E-state index in [0.29, 0.717) is 0 Å². The van der Waals surface area contributed by atoms with E-state index in [0.717, 1.165) is 0 Å². The van der Waals surface area contributed by atoms with E-state index in [1.54, 1.807) is 0 Å². The first-order valence-corrected chi connectivity index (χ1v) is 0.707. The topological polar surface area (TPSA) is 69.2 Å². The smallest absolute Gasteiger partial charge is 0.907 e. The van der Waals surface area contributed by atoms with Crippen LogP contribution in [-0.2, 0) is 51.2 Å². The third-order valence-electron chi connectivity index (χ3n) is 0. The van der Waals surface area contributed by atoms with Crippen LogP contribution < -0.4 is 15.1 Å². The molecule has 0 radical (unpaired) electrons. The second-order valence-corrected chi connectivity index (χ2v) is 0.289. The van der Waals surface area contributed by atoms with Gasteiger partial charge in [-0.2, -0.15) is 0 Å². The van der Waals surface area contributed by atoms with Gasteiger partial charge in [0.2, 0.25) is 0 Å². The van der Waals surface area contributed by atoms with Gasteiger partial charge in [0, 0.05) is 0 Å². The van der Waals surface area contributed by atoms with Gasteiger partial charge in [0.05, 0.1) is 0 Å².